The Labute approximate surface area is 134 Å². The van der Waals surface area contributed by atoms with Gasteiger partial charge in [0.15, 0.2) is 0 Å². The van der Waals surface area contributed by atoms with Crippen LogP contribution in [0, 0.1) is 0 Å². The van der Waals surface area contributed by atoms with Crippen LogP contribution in [-0.4, -0.2) is 30.1 Å². The molecule has 2 aliphatic rings. The van der Waals surface area contributed by atoms with Crippen LogP contribution in [0.4, 0.5) is 11.4 Å². The van der Waals surface area contributed by atoms with Gasteiger partial charge in [-0.25, -0.2) is 10.0 Å². The molecule has 2 aromatic rings. The Morgan fingerprint density at radius 1 is 1.30 bits per heavy atom. The van der Waals surface area contributed by atoms with Crippen LogP contribution in [0.15, 0.2) is 54.5 Å². The highest BCUT2D eigenvalue weighted by Gasteiger charge is 2.44. The second kappa shape index (κ2) is 5.10. The van der Waals surface area contributed by atoms with E-state index in [2.05, 4.69) is 10.3 Å². The zero-order valence-corrected chi connectivity index (χ0v) is 12.9. The fourth-order valence-electron chi connectivity index (χ4n) is 3.17. The van der Waals surface area contributed by atoms with E-state index >= 15 is 0 Å². The van der Waals surface area contributed by atoms with E-state index in [1.807, 2.05) is 42.4 Å². The monoisotopic (exact) mass is 308 g/mol. The van der Waals surface area contributed by atoms with Crippen LogP contribution in [0.25, 0.3) is 0 Å². The molecule has 0 spiro atoms. The highest BCUT2D eigenvalue weighted by Crippen LogP contribution is 2.44. The van der Waals surface area contributed by atoms with E-state index in [0.29, 0.717) is 5.57 Å². The van der Waals surface area contributed by atoms with Crippen molar-refractivity contribution >= 4 is 17.3 Å². The third-order valence-corrected chi connectivity index (χ3v) is 4.25. The number of likely N-dealkylation sites (N-methyl/N-ethyl adjacent to an activating group) is 1. The number of hydrazine groups is 1. The van der Waals surface area contributed by atoms with E-state index in [1.165, 1.54) is 0 Å². The summed E-state index contributed by atoms with van der Waals surface area (Å²) < 4.78 is 5.27. The van der Waals surface area contributed by atoms with Gasteiger partial charge in [0, 0.05) is 31.2 Å². The van der Waals surface area contributed by atoms with Crippen LogP contribution >= 0.6 is 0 Å². The van der Waals surface area contributed by atoms with Gasteiger partial charge in [0.1, 0.15) is 5.75 Å². The van der Waals surface area contributed by atoms with Crippen LogP contribution < -0.4 is 15.1 Å². The summed E-state index contributed by atoms with van der Waals surface area (Å²) in [4.78, 5) is 16.9. The van der Waals surface area contributed by atoms with E-state index in [4.69, 9.17) is 4.74 Å². The number of aromatic nitrogens is 1. The zero-order valence-electron chi connectivity index (χ0n) is 12.9. The molecule has 0 aliphatic carbocycles. The summed E-state index contributed by atoms with van der Waals surface area (Å²) in [6, 6.07) is 9.42. The van der Waals surface area contributed by atoms with Gasteiger partial charge in [0.25, 0.3) is 5.91 Å². The van der Waals surface area contributed by atoms with Gasteiger partial charge in [0.2, 0.25) is 0 Å². The molecule has 1 aromatic heterocycles. The average molecular weight is 308 g/mol. The van der Waals surface area contributed by atoms with Gasteiger partial charge >= 0.3 is 0 Å². The molecule has 6 nitrogen and oxygen atoms in total. The van der Waals surface area contributed by atoms with Crippen LogP contribution in [0.3, 0.4) is 0 Å². The van der Waals surface area contributed by atoms with Crippen molar-refractivity contribution in [3.05, 3.63) is 60.1 Å². The van der Waals surface area contributed by atoms with Gasteiger partial charge in [-0.05, 0) is 23.8 Å². The number of hydrogen-bond acceptors (Lipinski definition) is 5. The summed E-state index contributed by atoms with van der Waals surface area (Å²) in [5.41, 5.74) is 3.47. The Bertz CT molecular complexity index is 803. The van der Waals surface area contributed by atoms with Crippen LogP contribution in [0.5, 0.6) is 5.75 Å². The number of amides is 1. The molecule has 6 heteroatoms. The van der Waals surface area contributed by atoms with Gasteiger partial charge in [-0.15, -0.1) is 0 Å². The molecule has 3 heterocycles. The standard InChI is InChI=1S/C17H16N4O2/c1-20-16-13-6-5-12(23-2)8-15(13)19-10-14(16)17(22)21(20)11-4-3-7-18-9-11/h3-10,16,19H,1-2H3. The molecule has 1 aromatic carbocycles. The lowest BCUT2D eigenvalue weighted by Crippen LogP contribution is -2.37. The number of carbonyl (C=O) groups excluding carboxylic acids is 1. The van der Waals surface area contributed by atoms with Crippen molar-refractivity contribution < 1.29 is 9.53 Å². The molecule has 2 aliphatic heterocycles. The van der Waals surface area contributed by atoms with E-state index in [-0.39, 0.29) is 11.9 Å². The van der Waals surface area contributed by atoms with Crippen molar-refractivity contribution in [2.24, 2.45) is 0 Å². The minimum Gasteiger partial charge on any atom is -0.497 e. The second-order valence-electron chi connectivity index (χ2n) is 5.50. The predicted molar refractivity (Wildman–Crippen MR) is 86.9 cm³/mol. The molecule has 1 saturated heterocycles. The van der Waals surface area contributed by atoms with Crippen LogP contribution in [0.2, 0.25) is 0 Å². The fourth-order valence-corrected chi connectivity index (χ4v) is 3.17. The highest BCUT2D eigenvalue weighted by atomic mass is 16.5. The van der Waals surface area contributed by atoms with Crippen molar-refractivity contribution in [3.63, 3.8) is 0 Å². The van der Waals surface area contributed by atoms with Gasteiger partial charge in [0.05, 0.1) is 30.6 Å². The van der Waals surface area contributed by atoms with Crippen LogP contribution in [-0.2, 0) is 4.79 Å². The molecule has 0 bridgehead atoms. The Kier molecular flexibility index (Phi) is 3.06. The van der Waals surface area contributed by atoms with E-state index < -0.39 is 0 Å². The molecular formula is C17H16N4O2. The third-order valence-electron chi connectivity index (χ3n) is 4.25. The Hall–Kier alpha value is -2.86. The number of nitrogens with zero attached hydrogens (tertiary/aromatic N) is 3. The molecule has 116 valence electrons. The normalized spacial score (nSPS) is 19.7. The number of nitrogens with one attached hydrogen (secondary N) is 1. The molecule has 4 rings (SSSR count). The Balaban J connectivity index is 1.79. The van der Waals surface area contributed by atoms with Crippen LogP contribution in [0.1, 0.15) is 11.6 Å². The van der Waals surface area contributed by atoms with Gasteiger partial charge < -0.3 is 10.1 Å². The second-order valence-corrected chi connectivity index (χ2v) is 5.50. The number of methoxy groups -OCH3 is 1. The largest absolute Gasteiger partial charge is 0.497 e. The predicted octanol–water partition coefficient (Wildman–Crippen LogP) is 2.33. The fraction of sp³-hybridized carbons (Fsp3) is 0.176. The summed E-state index contributed by atoms with van der Waals surface area (Å²) in [5.74, 6) is 0.740. The first-order valence-electron chi connectivity index (χ1n) is 7.32. The van der Waals surface area contributed by atoms with Crippen molar-refractivity contribution in [1.82, 2.24) is 9.99 Å². The third kappa shape index (κ3) is 1.99. The first kappa shape index (κ1) is 13.8. The topological polar surface area (TPSA) is 57.7 Å². The molecule has 23 heavy (non-hydrogen) atoms. The molecule has 1 unspecified atom stereocenters. The minimum absolute atomic E-state index is 0.0422. The SMILES string of the molecule is COc1ccc2c(c1)NC=C1C(=O)N(c3cccnc3)N(C)C12. The van der Waals surface area contributed by atoms with Gasteiger partial charge in [-0.2, -0.15) is 0 Å². The van der Waals surface area contributed by atoms with E-state index in [9.17, 15) is 4.79 Å². The zero-order chi connectivity index (χ0) is 16.0. The molecular weight excluding hydrogens is 292 g/mol. The number of benzene rings is 1. The van der Waals surface area contributed by atoms with Crippen molar-refractivity contribution in [3.8, 4) is 5.75 Å². The summed E-state index contributed by atoms with van der Waals surface area (Å²) in [6.45, 7) is 0. The van der Waals surface area contributed by atoms with Gasteiger partial charge in [-0.3, -0.25) is 9.78 Å². The maximum atomic E-state index is 12.8. The lowest BCUT2D eigenvalue weighted by atomic mass is 9.95. The Morgan fingerprint density at radius 2 is 2.17 bits per heavy atom. The quantitative estimate of drug-likeness (QED) is 0.923. The number of ether oxygens (including phenoxy) is 1. The van der Waals surface area contributed by atoms with Crippen molar-refractivity contribution in [2.45, 2.75) is 6.04 Å². The average Bonchev–Trinajstić information content (AvgIpc) is 2.86. The number of rotatable bonds is 2. The summed E-state index contributed by atoms with van der Waals surface area (Å²) in [5, 5.41) is 6.80. The first-order chi connectivity index (χ1) is 11.2. The lowest BCUT2D eigenvalue weighted by molar-refractivity contribution is -0.115. The maximum absolute atomic E-state index is 12.8. The minimum atomic E-state index is -0.120. The number of fused-ring (bicyclic) bond motifs is 3. The molecule has 1 amide bonds. The lowest BCUT2D eigenvalue weighted by Gasteiger charge is -2.29. The van der Waals surface area contributed by atoms with E-state index in [0.717, 1.165) is 22.7 Å². The van der Waals surface area contributed by atoms with E-state index in [1.54, 1.807) is 30.7 Å². The summed E-state index contributed by atoms with van der Waals surface area (Å²) in [7, 11) is 3.55. The van der Waals surface area contributed by atoms with Crippen molar-refractivity contribution in [2.75, 3.05) is 24.5 Å². The summed E-state index contributed by atoms with van der Waals surface area (Å²) >= 11 is 0. The molecule has 0 saturated carbocycles. The Morgan fingerprint density at radius 3 is 2.91 bits per heavy atom. The number of hydrogen-bond donors (Lipinski definition) is 1. The molecule has 1 fully saturated rings. The summed E-state index contributed by atoms with van der Waals surface area (Å²) in [6.07, 6.45) is 5.16. The van der Waals surface area contributed by atoms with Gasteiger partial charge in [-0.1, -0.05) is 6.07 Å². The molecule has 1 N–H and O–H groups in total. The smallest absolute Gasteiger partial charge is 0.272 e. The van der Waals surface area contributed by atoms with Crippen molar-refractivity contribution in [1.29, 1.82) is 0 Å². The molecule has 0 radical (unpaired) electrons. The highest BCUT2D eigenvalue weighted by molar-refractivity contribution is 6.09. The maximum Gasteiger partial charge on any atom is 0.272 e. The number of anilines is 2. The first-order valence-corrected chi connectivity index (χ1v) is 7.32. The number of carbonyl (C=O) groups is 1. The molecule has 1 atom stereocenters. The number of pyridine rings is 1.